The number of benzene rings is 1. The molecular formula is C16H24N2O3. The van der Waals surface area contributed by atoms with Crippen molar-refractivity contribution in [1.29, 1.82) is 0 Å². The van der Waals surface area contributed by atoms with E-state index in [2.05, 4.69) is 12.2 Å². The third-order valence-electron chi connectivity index (χ3n) is 3.05. The molecule has 0 bridgehead atoms. The molecule has 5 nitrogen and oxygen atoms in total. The van der Waals surface area contributed by atoms with Crippen molar-refractivity contribution in [1.82, 2.24) is 10.2 Å². The van der Waals surface area contributed by atoms with E-state index in [9.17, 15) is 9.59 Å². The first-order chi connectivity index (χ1) is 10.1. The van der Waals surface area contributed by atoms with Crippen molar-refractivity contribution >= 4 is 11.8 Å². The summed E-state index contributed by atoms with van der Waals surface area (Å²) in [5.41, 5.74) is 0. The normalized spacial score (nSPS) is 10.0. The van der Waals surface area contributed by atoms with E-state index in [4.69, 9.17) is 4.74 Å². The average molecular weight is 292 g/mol. The molecule has 0 unspecified atom stereocenters. The number of para-hydroxylation sites is 1. The first-order valence-corrected chi connectivity index (χ1v) is 7.32. The molecule has 21 heavy (non-hydrogen) atoms. The molecule has 5 heteroatoms. The third kappa shape index (κ3) is 7.34. The highest BCUT2D eigenvalue weighted by Crippen LogP contribution is 2.08. The van der Waals surface area contributed by atoms with Gasteiger partial charge < -0.3 is 15.0 Å². The Morgan fingerprint density at radius 2 is 1.95 bits per heavy atom. The maximum Gasteiger partial charge on any atom is 0.241 e. The van der Waals surface area contributed by atoms with Crippen molar-refractivity contribution < 1.29 is 14.3 Å². The smallest absolute Gasteiger partial charge is 0.241 e. The fourth-order valence-corrected chi connectivity index (χ4v) is 1.70. The van der Waals surface area contributed by atoms with E-state index in [1.165, 1.54) is 0 Å². The number of ether oxygens (including phenoxy) is 1. The summed E-state index contributed by atoms with van der Waals surface area (Å²) in [6, 6.07) is 9.33. The predicted octanol–water partition coefficient (Wildman–Crippen LogP) is 1.83. The zero-order valence-corrected chi connectivity index (χ0v) is 12.8. The van der Waals surface area contributed by atoms with Crippen LogP contribution in [0.15, 0.2) is 30.3 Å². The summed E-state index contributed by atoms with van der Waals surface area (Å²) in [6.07, 6.45) is 2.25. The Balaban J connectivity index is 2.15. The minimum absolute atomic E-state index is 0.0460. The van der Waals surface area contributed by atoms with Gasteiger partial charge in [0, 0.05) is 13.6 Å². The molecule has 1 N–H and O–H groups in total. The predicted molar refractivity (Wildman–Crippen MR) is 82.1 cm³/mol. The van der Waals surface area contributed by atoms with Gasteiger partial charge in [-0.1, -0.05) is 31.5 Å². The van der Waals surface area contributed by atoms with Gasteiger partial charge in [-0.05, 0) is 18.6 Å². The van der Waals surface area contributed by atoms with Crippen molar-refractivity contribution in [3.63, 3.8) is 0 Å². The molecule has 0 saturated carbocycles. The topological polar surface area (TPSA) is 58.6 Å². The van der Waals surface area contributed by atoms with Crippen LogP contribution in [0, 0.1) is 0 Å². The number of likely N-dealkylation sites (N-methyl/N-ethyl adjacent to an activating group) is 1. The van der Waals surface area contributed by atoms with E-state index in [-0.39, 0.29) is 24.8 Å². The van der Waals surface area contributed by atoms with Crippen LogP contribution >= 0.6 is 0 Å². The number of carbonyl (C=O) groups excluding carboxylic acids is 2. The van der Waals surface area contributed by atoms with Crippen molar-refractivity contribution in [2.75, 3.05) is 26.7 Å². The fourth-order valence-electron chi connectivity index (χ4n) is 1.70. The Morgan fingerprint density at radius 1 is 1.24 bits per heavy atom. The van der Waals surface area contributed by atoms with Gasteiger partial charge in [0.2, 0.25) is 11.8 Å². The van der Waals surface area contributed by atoms with Crippen LogP contribution in [-0.2, 0) is 9.59 Å². The molecule has 0 aliphatic carbocycles. The van der Waals surface area contributed by atoms with E-state index in [1.807, 2.05) is 30.3 Å². The first-order valence-electron chi connectivity index (χ1n) is 7.32. The molecule has 116 valence electrons. The maximum absolute atomic E-state index is 11.7. The van der Waals surface area contributed by atoms with Crippen LogP contribution in [0.3, 0.4) is 0 Å². The molecule has 0 aliphatic heterocycles. The van der Waals surface area contributed by atoms with E-state index < -0.39 is 0 Å². The van der Waals surface area contributed by atoms with Crippen molar-refractivity contribution in [2.24, 2.45) is 0 Å². The van der Waals surface area contributed by atoms with Gasteiger partial charge in [-0.15, -0.1) is 0 Å². The van der Waals surface area contributed by atoms with Crippen LogP contribution in [-0.4, -0.2) is 43.5 Å². The van der Waals surface area contributed by atoms with E-state index >= 15 is 0 Å². The Hall–Kier alpha value is -2.04. The molecule has 0 spiro atoms. The second kappa shape index (κ2) is 9.80. The lowest BCUT2D eigenvalue weighted by molar-refractivity contribution is -0.132. The molecule has 1 rings (SSSR count). The number of carbonyl (C=O) groups is 2. The van der Waals surface area contributed by atoms with Crippen LogP contribution in [0.2, 0.25) is 0 Å². The van der Waals surface area contributed by atoms with Crippen LogP contribution < -0.4 is 10.1 Å². The van der Waals surface area contributed by atoms with Gasteiger partial charge in [0.05, 0.1) is 19.6 Å². The van der Waals surface area contributed by atoms with Gasteiger partial charge in [0.25, 0.3) is 0 Å². The first kappa shape index (κ1) is 17.0. The quantitative estimate of drug-likeness (QED) is 0.755. The molecule has 1 aromatic rings. The van der Waals surface area contributed by atoms with Crippen molar-refractivity contribution in [2.45, 2.75) is 26.2 Å². The van der Waals surface area contributed by atoms with Gasteiger partial charge in [-0.3, -0.25) is 9.59 Å². The molecule has 2 amide bonds. The number of nitrogens with one attached hydrogen (secondary N) is 1. The van der Waals surface area contributed by atoms with Crippen molar-refractivity contribution in [3.8, 4) is 5.75 Å². The molecule has 0 radical (unpaired) electrons. The Morgan fingerprint density at radius 3 is 2.62 bits per heavy atom. The highest BCUT2D eigenvalue weighted by Gasteiger charge is 2.09. The third-order valence-corrected chi connectivity index (χ3v) is 3.05. The lowest BCUT2D eigenvalue weighted by Gasteiger charge is -2.16. The second-order valence-corrected chi connectivity index (χ2v) is 4.86. The van der Waals surface area contributed by atoms with Gasteiger partial charge >= 0.3 is 0 Å². The summed E-state index contributed by atoms with van der Waals surface area (Å²) < 4.78 is 5.43. The summed E-state index contributed by atoms with van der Waals surface area (Å²) in [6.45, 7) is 3.15. The van der Waals surface area contributed by atoms with Gasteiger partial charge in [-0.25, -0.2) is 0 Å². The Labute approximate surface area is 126 Å². The van der Waals surface area contributed by atoms with E-state index in [0.29, 0.717) is 6.61 Å². The number of hydrogen-bond acceptors (Lipinski definition) is 3. The molecule has 0 saturated heterocycles. The monoisotopic (exact) mass is 292 g/mol. The van der Waals surface area contributed by atoms with Crippen LogP contribution in [0.25, 0.3) is 0 Å². The Kier molecular flexibility index (Phi) is 7.94. The summed E-state index contributed by atoms with van der Waals surface area (Å²) in [5.74, 6) is 0.490. The van der Waals surface area contributed by atoms with Crippen LogP contribution in [0.1, 0.15) is 26.2 Å². The molecule has 0 heterocycles. The molecule has 0 fully saturated rings. The van der Waals surface area contributed by atoms with Crippen LogP contribution in [0.4, 0.5) is 0 Å². The summed E-state index contributed by atoms with van der Waals surface area (Å²) in [7, 11) is 1.75. The SMILES string of the molecule is CCCCN(C)C(=O)CNC(=O)CCOc1ccccc1. The summed E-state index contributed by atoms with van der Waals surface area (Å²) >= 11 is 0. The maximum atomic E-state index is 11.7. The van der Waals surface area contributed by atoms with Gasteiger partial charge in [0.15, 0.2) is 0 Å². The highest BCUT2D eigenvalue weighted by atomic mass is 16.5. The van der Waals surface area contributed by atoms with Crippen molar-refractivity contribution in [3.05, 3.63) is 30.3 Å². The molecule has 0 aliphatic rings. The molecule has 0 aromatic heterocycles. The largest absolute Gasteiger partial charge is 0.493 e. The average Bonchev–Trinajstić information content (AvgIpc) is 2.51. The number of nitrogens with zero attached hydrogens (tertiary/aromatic N) is 1. The zero-order chi connectivity index (χ0) is 15.5. The Bertz CT molecular complexity index is 434. The zero-order valence-electron chi connectivity index (χ0n) is 12.8. The van der Waals surface area contributed by atoms with E-state index in [1.54, 1.807) is 11.9 Å². The second-order valence-electron chi connectivity index (χ2n) is 4.86. The summed E-state index contributed by atoms with van der Waals surface area (Å²) in [4.78, 5) is 25.0. The van der Waals surface area contributed by atoms with Crippen LogP contribution in [0.5, 0.6) is 5.75 Å². The number of amides is 2. The lowest BCUT2D eigenvalue weighted by Crippen LogP contribution is -2.38. The minimum atomic E-state index is -0.178. The molecular weight excluding hydrogens is 268 g/mol. The highest BCUT2D eigenvalue weighted by molar-refractivity contribution is 5.84. The van der Waals surface area contributed by atoms with Gasteiger partial charge in [-0.2, -0.15) is 0 Å². The lowest BCUT2D eigenvalue weighted by atomic mass is 10.3. The standard InChI is InChI=1S/C16H24N2O3/c1-3-4-11-18(2)16(20)13-17-15(19)10-12-21-14-8-6-5-7-9-14/h5-9H,3-4,10-13H2,1-2H3,(H,17,19). The summed E-state index contributed by atoms with van der Waals surface area (Å²) in [5, 5.41) is 2.62. The van der Waals surface area contributed by atoms with Gasteiger partial charge in [0.1, 0.15) is 5.75 Å². The number of hydrogen-bond donors (Lipinski definition) is 1. The molecule has 1 aromatic carbocycles. The fraction of sp³-hybridized carbons (Fsp3) is 0.500. The number of unbranched alkanes of at least 4 members (excludes halogenated alkanes) is 1. The minimum Gasteiger partial charge on any atom is -0.493 e. The van der Waals surface area contributed by atoms with E-state index in [0.717, 1.165) is 25.1 Å². The molecule has 0 atom stereocenters. The number of rotatable bonds is 9.